The second kappa shape index (κ2) is 16.0. The van der Waals surface area contributed by atoms with Crippen LogP contribution >= 0.6 is 0 Å². The molecule has 61 heavy (non-hydrogen) atoms. The van der Waals surface area contributed by atoms with E-state index in [0.29, 0.717) is 18.0 Å². The first-order valence-corrected chi connectivity index (χ1v) is 21.0. The van der Waals surface area contributed by atoms with Crippen LogP contribution in [0.3, 0.4) is 0 Å². The Labute approximate surface area is 376 Å². The van der Waals surface area contributed by atoms with Crippen molar-refractivity contribution < 1.29 is 25.8 Å². The summed E-state index contributed by atoms with van der Waals surface area (Å²) in [5.41, 5.74) is 12.8. The van der Waals surface area contributed by atoms with Crippen molar-refractivity contribution in [2.75, 3.05) is 9.80 Å². The molecular weight excluding hydrogens is 928 g/mol. The molecule has 3 heterocycles. The molecule has 6 aromatic carbocycles. The maximum atomic E-state index is 6.62. The van der Waals surface area contributed by atoms with Crippen molar-refractivity contribution in [2.45, 2.75) is 85.1 Å². The summed E-state index contributed by atoms with van der Waals surface area (Å²) in [7, 11) is 0. The SMILES string of the molecule is CC(C)(C)c1ccnc(-n2c3[c-]c(Oc4[c-]c(N5[CH-]N(Cc6cc(C(C)(C)C)cc(C(C)(C)C)c6-c6ccccc6)c6ccccc65)ccc4)ccc3c3ccccc32)c1.[Pt]. The van der Waals surface area contributed by atoms with Crippen LogP contribution in [0.2, 0.25) is 0 Å². The van der Waals surface area contributed by atoms with Gasteiger partial charge in [0.15, 0.2) is 0 Å². The monoisotopic (exact) mass is 980 g/mol. The van der Waals surface area contributed by atoms with Crippen LogP contribution in [0.5, 0.6) is 11.5 Å². The van der Waals surface area contributed by atoms with Gasteiger partial charge in [0.2, 0.25) is 0 Å². The van der Waals surface area contributed by atoms with Gasteiger partial charge in [-0.3, -0.25) is 0 Å². The van der Waals surface area contributed by atoms with Crippen LogP contribution in [-0.2, 0) is 43.9 Å². The molecular formula is C55H53N4OPt-3. The van der Waals surface area contributed by atoms with E-state index in [9.17, 15) is 0 Å². The van der Waals surface area contributed by atoms with Crippen molar-refractivity contribution in [1.82, 2.24) is 9.55 Å². The first-order valence-electron chi connectivity index (χ1n) is 21.0. The molecule has 8 aromatic rings. The van der Waals surface area contributed by atoms with E-state index in [1.807, 2.05) is 24.4 Å². The number of anilines is 3. The zero-order valence-electron chi connectivity index (χ0n) is 36.6. The Bertz CT molecular complexity index is 2870. The molecule has 0 amide bonds. The summed E-state index contributed by atoms with van der Waals surface area (Å²) in [4.78, 5) is 9.45. The molecule has 1 aliphatic heterocycles. The van der Waals surface area contributed by atoms with Crippen LogP contribution in [0.4, 0.5) is 17.1 Å². The number of hydrogen-bond donors (Lipinski definition) is 0. The number of aromatic nitrogens is 2. The van der Waals surface area contributed by atoms with Crippen molar-refractivity contribution in [3.8, 4) is 28.4 Å². The van der Waals surface area contributed by atoms with E-state index in [4.69, 9.17) is 9.72 Å². The molecule has 2 aromatic heterocycles. The van der Waals surface area contributed by atoms with E-state index in [1.165, 1.54) is 33.4 Å². The van der Waals surface area contributed by atoms with Gasteiger partial charge in [-0.1, -0.05) is 141 Å². The van der Waals surface area contributed by atoms with E-state index < -0.39 is 0 Å². The first-order chi connectivity index (χ1) is 28.6. The third kappa shape index (κ3) is 8.13. The number of para-hydroxylation sites is 3. The third-order valence-corrected chi connectivity index (χ3v) is 11.6. The van der Waals surface area contributed by atoms with Crippen LogP contribution in [0.15, 0.2) is 140 Å². The molecule has 0 N–H and O–H groups in total. The van der Waals surface area contributed by atoms with Crippen LogP contribution in [-0.4, -0.2) is 9.55 Å². The fourth-order valence-electron chi connectivity index (χ4n) is 8.41. The third-order valence-electron chi connectivity index (χ3n) is 11.6. The van der Waals surface area contributed by atoms with E-state index in [2.05, 4.69) is 211 Å². The Balaban J connectivity index is 0.00000514. The molecule has 5 nitrogen and oxygen atoms in total. The number of nitrogens with zero attached hydrogens (tertiary/aromatic N) is 4. The van der Waals surface area contributed by atoms with Crippen molar-refractivity contribution in [1.29, 1.82) is 0 Å². The van der Waals surface area contributed by atoms with Gasteiger partial charge < -0.3 is 19.1 Å². The summed E-state index contributed by atoms with van der Waals surface area (Å²) < 4.78 is 8.81. The number of hydrogen-bond acceptors (Lipinski definition) is 4. The van der Waals surface area contributed by atoms with Gasteiger partial charge in [0.05, 0.1) is 0 Å². The standard InChI is InChI=1S/C55H53N4O.Pt/c1-53(2,3)39-28-29-56-51(32-39)59-47-23-14-13-22-44(47)45-27-26-43(34-50(45)59)60-42-21-17-20-41(33-42)58-36-57(48-24-15-16-25-49(48)58)35-38-30-40(54(4,5)6)31-46(55(7,8)9)52(38)37-18-11-10-12-19-37;/h10-32,36H,35H2,1-9H3;/q-3;. The van der Waals surface area contributed by atoms with Crippen molar-refractivity contribution in [3.05, 3.63) is 181 Å². The van der Waals surface area contributed by atoms with E-state index in [1.54, 1.807) is 0 Å². The average Bonchev–Trinajstić information content (AvgIpc) is 3.75. The van der Waals surface area contributed by atoms with E-state index in [-0.39, 0.29) is 37.3 Å². The van der Waals surface area contributed by atoms with E-state index in [0.717, 1.165) is 44.7 Å². The fraction of sp³-hybridized carbons (Fsp3) is 0.236. The minimum absolute atomic E-state index is 0. The molecule has 312 valence electrons. The van der Waals surface area contributed by atoms with Crippen molar-refractivity contribution in [2.24, 2.45) is 0 Å². The predicted molar refractivity (Wildman–Crippen MR) is 250 cm³/mol. The zero-order valence-corrected chi connectivity index (χ0v) is 38.8. The maximum absolute atomic E-state index is 6.62. The zero-order chi connectivity index (χ0) is 42.0. The Morgan fingerprint density at radius 1 is 0.607 bits per heavy atom. The Kier molecular flexibility index (Phi) is 11.0. The van der Waals surface area contributed by atoms with E-state index >= 15 is 0 Å². The molecule has 0 saturated carbocycles. The second-order valence-electron chi connectivity index (χ2n) is 19.1. The van der Waals surface area contributed by atoms with Gasteiger partial charge in [-0.15, -0.1) is 41.4 Å². The van der Waals surface area contributed by atoms with Crippen molar-refractivity contribution >= 4 is 38.9 Å². The summed E-state index contributed by atoms with van der Waals surface area (Å²) in [6.07, 6.45) is 1.90. The quantitative estimate of drug-likeness (QED) is 0.149. The van der Waals surface area contributed by atoms with Gasteiger partial charge in [-0.25, -0.2) is 4.98 Å². The van der Waals surface area contributed by atoms with Gasteiger partial charge in [-0.2, -0.15) is 18.8 Å². The molecule has 0 atom stereocenters. The Hall–Kier alpha value is -5.64. The number of rotatable bonds is 7. The number of pyridine rings is 1. The molecule has 9 rings (SSSR count). The molecule has 0 radical (unpaired) electrons. The molecule has 0 spiro atoms. The van der Waals surface area contributed by atoms with Crippen molar-refractivity contribution in [3.63, 3.8) is 0 Å². The predicted octanol–water partition coefficient (Wildman–Crippen LogP) is 14.4. The topological polar surface area (TPSA) is 33.5 Å². The molecule has 1 aliphatic rings. The minimum Gasteiger partial charge on any atom is -0.509 e. The summed E-state index contributed by atoms with van der Waals surface area (Å²) in [6.45, 7) is 23.5. The maximum Gasteiger partial charge on any atom is 0.135 e. The summed E-state index contributed by atoms with van der Waals surface area (Å²) in [5, 5.41) is 2.25. The molecule has 0 bridgehead atoms. The van der Waals surface area contributed by atoms with Gasteiger partial charge in [-0.05, 0) is 85.3 Å². The molecule has 0 fully saturated rings. The van der Waals surface area contributed by atoms with Gasteiger partial charge in [0.25, 0.3) is 0 Å². The molecule has 0 saturated heterocycles. The normalized spacial score (nSPS) is 13.1. The van der Waals surface area contributed by atoms with Gasteiger partial charge >= 0.3 is 0 Å². The second-order valence-corrected chi connectivity index (χ2v) is 19.1. The van der Waals surface area contributed by atoms with Crippen LogP contribution in [0.1, 0.15) is 84.6 Å². The van der Waals surface area contributed by atoms with Crippen LogP contribution < -0.4 is 14.5 Å². The van der Waals surface area contributed by atoms with Crippen LogP contribution in [0.25, 0.3) is 38.8 Å². The molecule has 0 unspecified atom stereocenters. The van der Waals surface area contributed by atoms with Gasteiger partial charge in [0.1, 0.15) is 5.82 Å². The number of benzene rings is 6. The Morgan fingerprint density at radius 2 is 1.30 bits per heavy atom. The largest absolute Gasteiger partial charge is 0.509 e. The van der Waals surface area contributed by atoms with Crippen LogP contribution in [0, 0.1) is 18.8 Å². The summed E-state index contributed by atoms with van der Waals surface area (Å²) in [6, 6.07) is 54.6. The molecule has 0 aliphatic carbocycles. The summed E-state index contributed by atoms with van der Waals surface area (Å²) in [5.74, 6) is 2.09. The van der Waals surface area contributed by atoms with Gasteiger partial charge in [0, 0.05) is 62.2 Å². The smallest absolute Gasteiger partial charge is 0.135 e. The average molecular weight is 981 g/mol. The number of fused-ring (bicyclic) bond motifs is 4. The number of ether oxygens (including phenoxy) is 1. The first kappa shape index (κ1) is 42.1. The molecule has 6 heteroatoms. The summed E-state index contributed by atoms with van der Waals surface area (Å²) >= 11 is 0. The minimum atomic E-state index is -0.0536. The fourth-order valence-corrected chi connectivity index (χ4v) is 8.41. The Morgan fingerprint density at radius 3 is 2.03 bits per heavy atom.